The second-order valence-electron chi connectivity index (χ2n) is 7.42. The van der Waals surface area contributed by atoms with Gasteiger partial charge in [-0.1, -0.05) is 0 Å². The van der Waals surface area contributed by atoms with Crippen LogP contribution in [0.25, 0.3) is 0 Å². The van der Waals surface area contributed by atoms with E-state index in [0.29, 0.717) is 0 Å². The first-order valence-corrected chi connectivity index (χ1v) is 10.3. The Kier molecular flexibility index (Phi) is 8.11. The fraction of sp³-hybridized carbons (Fsp3) is 0.923. The van der Waals surface area contributed by atoms with Crippen LogP contribution in [-0.2, 0) is 19.6 Å². The summed E-state index contributed by atoms with van der Waals surface area (Å²) in [4.78, 5) is 5.88. The Balaban J connectivity index is 4.18. The fourth-order valence-electron chi connectivity index (χ4n) is 2.78. The highest BCUT2D eigenvalue weighted by Gasteiger charge is 2.98. The van der Waals surface area contributed by atoms with E-state index in [1.165, 1.54) is 0 Å². The minimum Gasteiger partial charge on any atom is -0.341 e. The van der Waals surface area contributed by atoms with E-state index in [9.17, 15) is 92.2 Å². The molecule has 1 heterocycles. The molecule has 0 bridgehead atoms. The Bertz CT molecular complexity index is 1030. The molecule has 3 atom stereocenters. The normalized spacial score (nSPS) is 28.6. The highest BCUT2D eigenvalue weighted by atomic mass is 32.2. The lowest BCUT2D eigenvalue weighted by Gasteiger charge is -2.56. The molecular formula is C13H8F18N2O5S. The van der Waals surface area contributed by atoms with Gasteiger partial charge in [0.1, 0.15) is 0 Å². The third-order valence-corrected chi connectivity index (χ3v) is 5.46. The summed E-state index contributed by atoms with van der Waals surface area (Å²) in [6.45, 7) is -2.05. The molecule has 0 aromatic rings. The first-order valence-electron chi connectivity index (χ1n) is 8.73. The van der Waals surface area contributed by atoms with Gasteiger partial charge in [0.25, 0.3) is 16.0 Å². The van der Waals surface area contributed by atoms with E-state index in [4.69, 9.17) is 4.55 Å². The maximum atomic E-state index is 14.9. The Hall–Kier alpha value is -1.96. The number of carbonyl (C=O) groups is 1. The highest BCUT2D eigenvalue weighted by molar-refractivity contribution is 7.85. The van der Waals surface area contributed by atoms with Crippen molar-refractivity contribution in [1.29, 1.82) is 0 Å². The Morgan fingerprint density at radius 3 is 1.38 bits per heavy atom. The van der Waals surface area contributed by atoms with E-state index in [-0.39, 0.29) is 7.05 Å². The van der Waals surface area contributed by atoms with Crippen LogP contribution in [-0.4, -0.2) is 102 Å². The lowest BCUT2D eigenvalue weighted by Crippen LogP contribution is -2.87. The number of carbonyl (C=O) groups excluding carboxylic acids is 1. The molecule has 0 saturated carbocycles. The minimum atomic E-state index is -8.52. The van der Waals surface area contributed by atoms with Crippen LogP contribution in [0.4, 0.5) is 79.0 Å². The first kappa shape index (κ1) is 35.1. The van der Waals surface area contributed by atoms with E-state index in [1.807, 2.05) is 0 Å². The summed E-state index contributed by atoms with van der Waals surface area (Å²) in [6.07, 6.45) is -23.9. The zero-order chi connectivity index (χ0) is 31.9. The summed E-state index contributed by atoms with van der Waals surface area (Å²) >= 11 is 0. The van der Waals surface area contributed by atoms with Gasteiger partial charge in [-0.2, -0.15) is 83.1 Å². The molecular weight excluding hydrogens is 638 g/mol. The second-order valence-corrected chi connectivity index (χ2v) is 8.99. The number of morpholine rings is 1. The molecule has 39 heavy (non-hydrogen) atoms. The van der Waals surface area contributed by atoms with E-state index >= 15 is 0 Å². The third kappa shape index (κ3) is 4.93. The van der Waals surface area contributed by atoms with Crippen LogP contribution < -0.4 is 0 Å². The van der Waals surface area contributed by atoms with Crippen molar-refractivity contribution in [1.82, 2.24) is 9.80 Å². The van der Waals surface area contributed by atoms with Gasteiger partial charge in [-0.25, -0.2) is 4.39 Å². The van der Waals surface area contributed by atoms with Gasteiger partial charge in [-0.05, 0) is 0 Å². The number of nitrogens with zero attached hydrogens (tertiary/aromatic N) is 2. The molecule has 1 amide bonds. The maximum Gasteiger partial charge on any atom is 0.456 e. The van der Waals surface area contributed by atoms with Gasteiger partial charge in [0.05, 0.1) is 5.75 Å². The average molecular weight is 646 g/mol. The SMILES string of the molecule is CN(CCS(=O)(=O)O)C(=O)C(F)(C(F)(F)F)C(F)(F)N1C(F)(F)C(F)(C(F)(F)F)OC(F)(C(F)(F)F)C1(F)F. The van der Waals surface area contributed by atoms with E-state index in [1.54, 1.807) is 4.74 Å². The van der Waals surface area contributed by atoms with Crippen molar-refractivity contribution < 1.29 is 102 Å². The van der Waals surface area contributed by atoms with Gasteiger partial charge < -0.3 is 4.90 Å². The van der Waals surface area contributed by atoms with Crippen molar-refractivity contribution in [2.75, 3.05) is 19.3 Å². The first-order chi connectivity index (χ1) is 16.6. The number of ether oxygens (including phenoxy) is 1. The molecule has 1 aliphatic rings. The van der Waals surface area contributed by atoms with Crippen LogP contribution >= 0.6 is 0 Å². The molecule has 26 heteroatoms. The smallest absolute Gasteiger partial charge is 0.341 e. The molecule has 3 unspecified atom stereocenters. The third-order valence-electron chi connectivity index (χ3n) is 4.76. The van der Waals surface area contributed by atoms with Gasteiger partial charge >= 0.3 is 54.0 Å². The van der Waals surface area contributed by atoms with Crippen LogP contribution in [0.2, 0.25) is 0 Å². The molecule has 7 nitrogen and oxygen atoms in total. The van der Waals surface area contributed by atoms with Crippen molar-refractivity contribution in [2.24, 2.45) is 0 Å². The number of hydrogen-bond donors (Lipinski definition) is 1. The number of hydrogen-bond acceptors (Lipinski definition) is 5. The quantitative estimate of drug-likeness (QED) is 0.265. The van der Waals surface area contributed by atoms with Gasteiger partial charge in [-0.3, -0.25) is 14.1 Å². The van der Waals surface area contributed by atoms with Crippen LogP contribution in [0.3, 0.4) is 0 Å². The summed E-state index contributed by atoms with van der Waals surface area (Å²) in [5.74, 6) is -22.2. The monoisotopic (exact) mass is 646 g/mol. The molecule has 0 spiro atoms. The number of rotatable bonds is 6. The van der Waals surface area contributed by atoms with Crippen molar-refractivity contribution in [3.8, 4) is 0 Å². The number of amides is 1. The summed E-state index contributed by atoms with van der Waals surface area (Å²) in [6, 6.07) is -25.1. The topological polar surface area (TPSA) is 87.2 Å². The standard InChI is InChI=1S/C13H8F18N2O5S/c1-32(2-3-39(35,36)37)4(34)5(14,8(17,18)19)11(26,27)33-12(28,29)6(15,9(20,21)22)38-7(16,10(23,24)25)13(33,30)31/h2-3H2,1H3,(H,35,36,37). The molecule has 1 fully saturated rings. The van der Waals surface area contributed by atoms with Crippen LogP contribution in [0.1, 0.15) is 0 Å². The number of alkyl halides is 18. The van der Waals surface area contributed by atoms with Crippen molar-refractivity contribution >= 4 is 16.0 Å². The Morgan fingerprint density at radius 2 is 1.13 bits per heavy atom. The minimum absolute atomic E-state index is 0.330. The Labute approximate surface area is 202 Å². The second kappa shape index (κ2) is 9.02. The molecule has 0 aromatic heterocycles. The summed E-state index contributed by atoms with van der Waals surface area (Å²) in [5, 5.41) is 0. The lowest BCUT2D eigenvalue weighted by molar-refractivity contribution is -0.601. The molecule has 0 aliphatic carbocycles. The average Bonchev–Trinajstić information content (AvgIpc) is 2.65. The molecule has 0 radical (unpaired) electrons. The van der Waals surface area contributed by atoms with Gasteiger partial charge in [0.2, 0.25) is 0 Å². The van der Waals surface area contributed by atoms with Crippen LogP contribution in [0.5, 0.6) is 0 Å². The predicted molar refractivity (Wildman–Crippen MR) is 81.5 cm³/mol. The van der Waals surface area contributed by atoms with Crippen LogP contribution in [0.15, 0.2) is 0 Å². The van der Waals surface area contributed by atoms with Gasteiger partial charge in [0, 0.05) is 13.6 Å². The highest BCUT2D eigenvalue weighted by Crippen LogP contribution is 2.67. The van der Waals surface area contributed by atoms with Gasteiger partial charge in [0.15, 0.2) is 0 Å². The fourth-order valence-corrected chi connectivity index (χ4v) is 3.29. The summed E-state index contributed by atoms with van der Waals surface area (Å²) in [7, 11) is -5.72. The molecule has 232 valence electrons. The van der Waals surface area contributed by atoms with Crippen molar-refractivity contribution in [2.45, 2.75) is 54.0 Å². The van der Waals surface area contributed by atoms with Gasteiger partial charge in [-0.15, -0.1) is 4.90 Å². The molecule has 1 aliphatic heterocycles. The molecule has 1 N–H and O–H groups in total. The molecule has 0 aromatic carbocycles. The van der Waals surface area contributed by atoms with Crippen molar-refractivity contribution in [3.63, 3.8) is 0 Å². The summed E-state index contributed by atoms with van der Waals surface area (Å²) < 4.78 is 278. The Morgan fingerprint density at radius 1 is 0.795 bits per heavy atom. The summed E-state index contributed by atoms with van der Waals surface area (Å²) in [5.41, 5.74) is -7.84. The molecule has 1 saturated heterocycles. The van der Waals surface area contributed by atoms with E-state index in [2.05, 4.69) is 0 Å². The lowest BCUT2D eigenvalue weighted by atomic mass is 9.95. The van der Waals surface area contributed by atoms with E-state index < -0.39 is 92.2 Å². The zero-order valence-electron chi connectivity index (χ0n) is 17.6. The maximum absolute atomic E-state index is 14.9. The predicted octanol–water partition coefficient (Wildman–Crippen LogP) is 4.17. The number of halogens is 18. The van der Waals surface area contributed by atoms with Crippen LogP contribution in [0, 0.1) is 0 Å². The molecule has 1 rings (SSSR count). The van der Waals surface area contributed by atoms with Crippen molar-refractivity contribution in [3.05, 3.63) is 0 Å². The largest absolute Gasteiger partial charge is 0.456 e. The van der Waals surface area contributed by atoms with E-state index in [0.717, 1.165) is 0 Å². The zero-order valence-corrected chi connectivity index (χ0v) is 18.4.